The van der Waals surface area contributed by atoms with Gasteiger partial charge in [0.25, 0.3) is 5.69 Å². The Balaban J connectivity index is 1.90. The predicted molar refractivity (Wildman–Crippen MR) is 91.2 cm³/mol. The molecule has 1 aromatic heterocycles. The van der Waals surface area contributed by atoms with Gasteiger partial charge in [-0.05, 0) is 36.4 Å². The molecule has 0 amide bonds. The number of aromatic nitrogens is 2. The van der Waals surface area contributed by atoms with Crippen molar-refractivity contribution in [2.24, 2.45) is 0 Å². The van der Waals surface area contributed by atoms with Crippen molar-refractivity contribution in [1.29, 1.82) is 0 Å². The lowest BCUT2D eigenvalue weighted by Gasteiger charge is -2.02. The van der Waals surface area contributed by atoms with Gasteiger partial charge in [-0.3, -0.25) is 14.9 Å². The van der Waals surface area contributed by atoms with Gasteiger partial charge in [0, 0.05) is 11.6 Å². The van der Waals surface area contributed by atoms with Crippen molar-refractivity contribution in [3.05, 3.63) is 70.4 Å². The van der Waals surface area contributed by atoms with Crippen molar-refractivity contribution >= 4 is 23.2 Å². The number of hydrogen-bond acceptors (Lipinski definition) is 5. The summed E-state index contributed by atoms with van der Waals surface area (Å²) >= 11 is 1.16. The third-order valence-corrected chi connectivity index (χ3v) is 4.37. The number of carbonyl (C=O) groups excluding carboxylic acids is 1. The number of Topliss-reactive ketones (excluding diaryl/α,β-unsaturated/α-hetero) is 1. The third kappa shape index (κ3) is 3.36. The van der Waals surface area contributed by atoms with Crippen LogP contribution in [0.25, 0.3) is 11.3 Å². The van der Waals surface area contributed by atoms with E-state index >= 15 is 0 Å². The molecule has 0 bridgehead atoms. The standard InChI is InChI=1S/C17H13N3O3S/c1-11(21)13-7-8-16(15(9-13)20(22)23)24-17-18-10-14(19-17)12-5-3-2-4-6-12/h2-10H,1H3,(H,18,19). The first-order chi connectivity index (χ1) is 11.5. The zero-order chi connectivity index (χ0) is 17.1. The van der Waals surface area contributed by atoms with Gasteiger partial charge in [-0.2, -0.15) is 0 Å². The molecule has 0 aliphatic heterocycles. The highest BCUT2D eigenvalue weighted by atomic mass is 32.2. The van der Waals surface area contributed by atoms with Crippen LogP contribution in [0.2, 0.25) is 0 Å². The van der Waals surface area contributed by atoms with Crippen LogP contribution < -0.4 is 0 Å². The summed E-state index contributed by atoms with van der Waals surface area (Å²) in [5.74, 6) is -0.209. The van der Waals surface area contributed by atoms with E-state index in [1.54, 1.807) is 18.3 Å². The van der Waals surface area contributed by atoms with Gasteiger partial charge in [0.05, 0.1) is 21.7 Å². The van der Waals surface area contributed by atoms with Gasteiger partial charge < -0.3 is 4.98 Å². The molecule has 0 aliphatic rings. The quantitative estimate of drug-likeness (QED) is 0.424. The number of H-pyrrole nitrogens is 1. The first kappa shape index (κ1) is 15.9. The van der Waals surface area contributed by atoms with Crippen molar-refractivity contribution in [2.45, 2.75) is 17.0 Å². The average molecular weight is 339 g/mol. The fraction of sp³-hybridized carbons (Fsp3) is 0.0588. The fourth-order valence-electron chi connectivity index (χ4n) is 2.19. The number of nitro benzene ring substituents is 1. The number of hydrogen-bond donors (Lipinski definition) is 1. The minimum atomic E-state index is -0.490. The third-order valence-electron chi connectivity index (χ3n) is 3.41. The van der Waals surface area contributed by atoms with E-state index in [4.69, 9.17) is 0 Å². The highest BCUT2D eigenvalue weighted by molar-refractivity contribution is 7.99. The van der Waals surface area contributed by atoms with Crippen LogP contribution in [-0.2, 0) is 0 Å². The largest absolute Gasteiger partial charge is 0.333 e. The molecule has 1 N–H and O–H groups in total. The molecule has 120 valence electrons. The molecule has 0 fully saturated rings. The molecule has 3 aromatic rings. The summed E-state index contributed by atoms with van der Waals surface area (Å²) in [4.78, 5) is 30.0. The lowest BCUT2D eigenvalue weighted by molar-refractivity contribution is -0.387. The van der Waals surface area contributed by atoms with Crippen molar-refractivity contribution in [2.75, 3.05) is 0 Å². The highest BCUT2D eigenvalue weighted by Gasteiger charge is 2.18. The second-order valence-electron chi connectivity index (χ2n) is 5.07. The number of nitro groups is 1. The zero-order valence-corrected chi connectivity index (χ0v) is 13.5. The number of nitrogens with zero attached hydrogens (tertiary/aromatic N) is 2. The predicted octanol–water partition coefficient (Wildman–Crippen LogP) is 4.34. The minimum absolute atomic E-state index is 0.106. The van der Waals surface area contributed by atoms with Crippen LogP contribution in [0, 0.1) is 10.1 Å². The van der Waals surface area contributed by atoms with E-state index in [0.717, 1.165) is 23.0 Å². The van der Waals surface area contributed by atoms with E-state index in [0.29, 0.717) is 15.6 Å². The average Bonchev–Trinajstić information content (AvgIpc) is 3.04. The van der Waals surface area contributed by atoms with Gasteiger partial charge in [-0.1, -0.05) is 30.3 Å². The van der Waals surface area contributed by atoms with Crippen LogP contribution in [0.1, 0.15) is 17.3 Å². The molecule has 24 heavy (non-hydrogen) atoms. The lowest BCUT2D eigenvalue weighted by Crippen LogP contribution is -1.97. The second-order valence-corrected chi connectivity index (χ2v) is 6.10. The van der Waals surface area contributed by atoms with Crippen LogP contribution in [0.3, 0.4) is 0 Å². The summed E-state index contributed by atoms with van der Waals surface area (Å²) in [7, 11) is 0. The number of carbonyl (C=O) groups is 1. The molecule has 0 saturated heterocycles. The van der Waals surface area contributed by atoms with E-state index in [9.17, 15) is 14.9 Å². The number of benzene rings is 2. The summed E-state index contributed by atoms with van der Waals surface area (Å²) in [6, 6.07) is 14.1. The van der Waals surface area contributed by atoms with E-state index in [2.05, 4.69) is 9.97 Å². The van der Waals surface area contributed by atoms with Crippen molar-refractivity contribution in [3.63, 3.8) is 0 Å². The van der Waals surface area contributed by atoms with Crippen LogP contribution >= 0.6 is 11.8 Å². The second kappa shape index (κ2) is 6.67. The van der Waals surface area contributed by atoms with Gasteiger partial charge in [0.15, 0.2) is 10.9 Å². The molecule has 2 aromatic carbocycles. The van der Waals surface area contributed by atoms with Gasteiger partial charge in [-0.25, -0.2) is 4.98 Å². The highest BCUT2D eigenvalue weighted by Crippen LogP contribution is 2.34. The number of ketones is 1. The summed E-state index contributed by atoms with van der Waals surface area (Å²) in [6.07, 6.45) is 1.69. The molecular formula is C17H13N3O3S. The van der Waals surface area contributed by atoms with Crippen molar-refractivity contribution in [1.82, 2.24) is 9.97 Å². The molecule has 1 heterocycles. The van der Waals surface area contributed by atoms with Crippen LogP contribution in [0.5, 0.6) is 0 Å². The Hall–Kier alpha value is -2.93. The van der Waals surface area contributed by atoms with Crippen molar-refractivity contribution < 1.29 is 9.72 Å². The molecular weight excluding hydrogens is 326 g/mol. The Morgan fingerprint density at radius 1 is 1.21 bits per heavy atom. The number of aromatic amines is 1. The Morgan fingerprint density at radius 2 is 1.96 bits per heavy atom. The Morgan fingerprint density at radius 3 is 2.62 bits per heavy atom. The smallest absolute Gasteiger partial charge is 0.284 e. The summed E-state index contributed by atoms with van der Waals surface area (Å²) in [5, 5.41) is 11.8. The molecule has 0 radical (unpaired) electrons. The Kier molecular flexibility index (Phi) is 4.43. The minimum Gasteiger partial charge on any atom is -0.333 e. The molecule has 0 spiro atoms. The van der Waals surface area contributed by atoms with Crippen LogP contribution in [-0.4, -0.2) is 20.7 Å². The van der Waals surface area contributed by atoms with Crippen LogP contribution in [0.15, 0.2) is 64.8 Å². The van der Waals surface area contributed by atoms with E-state index in [1.807, 2.05) is 30.3 Å². The Labute approximate surface area is 142 Å². The molecule has 7 heteroatoms. The van der Waals surface area contributed by atoms with E-state index in [-0.39, 0.29) is 11.5 Å². The summed E-state index contributed by atoms with van der Waals surface area (Å²) in [6.45, 7) is 1.38. The SMILES string of the molecule is CC(=O)c1ccc(Sc2ncc(-c3ccccc3)[nH]2)c([N+](=O)[O-])c1. The number of nitrogens with one attached hydrogen (secondary N) is 1. The maximum Gasteiger partial charge on any atom is 0.284 e. The van der Waals surface area contributed by atoms with Crippen LogP contribution in [0.4, 0.5) is 5.69 Å². The first-order valence-electron chi connectivity index (χ1n) is 7.12. The van der Waals surface area contributed by atoms with Gasteiger partial charge >= 0.3 is 0 Å². The number of rotatable bonds is 5. The van der Waals surface area contributed by atoms with Gasteiger partial charge in [0.1, 0.15) is 0 Å². The molecule has 0 atom stereocenters. The van der Waals surface area contributed by atoms with E-state index < -0.39 is 4.92 Å². The molecule has 6 nitrogen and oxygen atoms in total. The lowest BCUT2D eigenvalue weighted by atomic mass is 10.1. The molecule has 0 saturated carbocycles. The van der Waals surface area contributed by atoms with Gasteiger partial charge in [0.2, 0.25) is 0 Å². The van der Waals surface area contributed by atoms with Gasteiger partial charge in [-0.15, -0.1) is 0 Å². The summed E-state index contributed by atoms with van der Waals surface area (Å²) < 4.78 is 0. The molecule has 0 aliphatic carbocycles. The fourth-order valence-corrected chi connectivity index (χ4v) is 3.04. The van der Waals surface area contributed by atoms with Crippen molar-refractivity contribution in [3.8, 4) is 11.3 Å². The topological polar surface area (TPSA) is 88.9 Å². The molecule has 0 unspecified atom stereocenters. The van der Waals surface area contributed by atoms with E-state index in [1.165, 1.54) is 13.0 Å². The maximum atomic E-state index is 11.4. The number of imidazole rings is 1. The first-order valence-corrected chi connectivity index (χ1v) is 7.94. The normalized spacial score (nSPS) is 10.5. The maximum absolute atomic E-state index is 11.4. The molecule has 3 rings (SSSR count). The Bertz CT molecular complexity index is 906. The summed E-state index contributed by atoms with van der Waals surface area (Å²) in [5.41, 5.74) is 2.03. The zero-order valence-electron chi connectivity index (χ0n) is 12.7. The monoisotopic (exact) mass is 339 g/mol.